The normalized spacial score (nSPS) is 11.9. The second-order valence-corrected chi connectivity index (χ2v) is 8.86. The molecule has 0 saturated carbocycles. The number of aromatic amines is 1. The van der Waals surface area contributed by atoms with Gasteiger partial charge in [-0.1, -0.05) is 24.3 Å². The molecule has 3 N–H and O–H groups in total. The molecule has 0 saturated heterocycles. The number of anilines is 1. The second kappa shape index (κ2) is 12.3. The molecule has 1 atom stereocenters. The minimum Gasteiger partial charge on any atom is -0.493 e. The van der Waals surface area contributed by atoms with E-state index in [-0.39, 0.29) is 12.5 Å². The number of aromatic nitrogens is 1. The van der Waals surface area contributed by atoms with Gasteiger partial charge in [-0.25, -0.2) is 0 Å². The number of carbonyl (C=O) groups is 1. The van der Waals surface area contributed by atoms with Crippen molar-refractivity contribution in [2.45, 2.75) is 12.5 Å². The van der Waals surface area contributed by atoms with Gasteiger partial charge >= 0.3 is 0 Å². The second-order valence-electron chi connectivity index (χ2n) is 8.86. The number of aliphatic hydroxyl groups is 1. The fraction of sp³-hybridized carbons (Fsp3) is 0.276. The van der Waals surface area contributed by atoms with Crippen LogP contribution in [-0.2, 0) is 6.42 Å². The number of rotatable bonds is 12. The van der Waals surface area contributed by atoms with Crippen LogP contribution in [-0.4, -0.2) is 68.0 Å². The maximum Gasteiger partial charge on any atom is 0.259 e. The molecule has 1 unspecified atom stereocenters. The Balaban J connectivity index is 1.30. The third-order valence-corrected chi connectivity index (χ3v) is 6.16. The van der Waals surface area contributed by atoms with E-state index in [9.17, 15) is 9.90 Å². The molecule has 0 bridgehead atoms. The Kier molecular flexibility index (Phi) is 8.66. The van der Waals surface area contributed by atoms with E-state index in [2.05, 4.69) is 10.3 Å². The van der Waals surface area contributed by atoms with Crippen molar-refractivity contribution in [1.29, 1.82) is 0 Å². The lowest BCUT2D eigenvalue weighted by molar-refractivity contribution is 0.0756. The average Bonchev–Trinajstić information content (AvgIpc) is 3.41. The fourth-order valence-corrected chi connectivity index (χ4v) is 4.21. The van der Waals surface area contributed by atoms with Gasteiger partial charge in [0.05, 0.1) is 25.5 Å². The molecule has 1 amide bonds. The van der Waals surface area contributed by atoms with E-state index in [0.717, 1.165) is 35.1 Å². The highest BCUT2D eigenvalue weighted by Crippen LogP contribution is 2.28. The predicted octanol–water partition coefficient (Wildman–Crippen LogP) is 4.35. The number of benzene rings is 3. The molecule has 8 nitrogen and oxygen atoms in total. The van der Waals surface area contributed by atoms with Crippen LogP contribution in [0.4, 0.5) is 5.69 Å². The quantitative estimate of drug-likeness (QED) is 0.266. The van der Waals surface area contributed by atoms with E-state index in [4.69, 9.17) is 14.2 Å². The first-order valence-corrected chi connectivity index (χ1v) is 12.1. The Morgan fingerprint density at radius 3 is 2.62 bits per heavy atom. The number of fused-ring (bicyclic) bond motifs is 1. The number of H-pyrrole nitrogens is 1. The molecule has 0 aliphatic heterocycles. The standard InChI is InChI=1S/C29H33N3O5/c1-32(16-14-20-11-12-27(35-2)28(17-20)36-3)18-21(33)19-37-26-10-5-4-7-23(26)29(34)31-25-9-6-8-24-22(25)13-15-30-24/h4-13,15,17,21,30,33H,14,16,18-19H2,1-3H3,(H,31,34). The van der Waals surface area contributed by atoms with Crippen LogP contribution in [0.1, 0.15) is 15.9 Å². The summed E-state index contributed by atoms with van der Waals surface area (Å²) in [6, 6.07) is 20.5. The lowest BCUT2D eigenvalue weighted by Crippen LogP contribution is -2.34. The van der Waals surface area contributed by atoms with Crippen molar-refractivity contribution in [3.63, 3.8) is 0 Å². The molecule has 0 fully saturated rings. The number of aliphatic hydroxyl groups excluding tert-OH is 1. The number of nitrogens with one attached hydrogen (secondary N) is 2. The van der Waals surface area contributed by atoms with Crippen LogP contribution in [0.2, 0.25) is 0 Å². The number of hydrogen-bond acceptors (Lipinski definition) is 6. The Bertz CT molecular complexity index is 1340. The van der Waals surface area contributed by atoms with E-state index < -0.39 is 6.10 Å². The van der Waals surface area contributed by atoms with Gasteiger partial charge in [0.15, 0.2) is 11.5 Å². The van der Waals surface area contributed by atoms with Gasteiger partial charge in [-0.3, -0.25) is 4.79 Å². The number of ether oxygens (including phenoxy) is 3. The number of para-hydroxylation sites is 1. The lowest BCUT2D eigenvalue weighted by atomic mass is 10.1. The maximum absolute atomic E-state index is 13.0. The number of methoxy groups -OCH3 is 2. The molecule has 37 heavy (non-hydrogen) atoms. The monoisotopic (exact) mass is 503 g/mol. The Hall–Kier alpha value is -4.01. The van der Waals surface area contributed by atoms with Crippen molar-refractivity contribution < 1.29 is 24.1 Å². The topological polar surface area (TPSA) is 96.0 Å². The number of carbonyl (C=O) groups excluding carboxylic acids is 1. The summed E-state index contributed by atoms with van der Waals surface area (Å²) in [5.41, 5.74) is 3.19. The molecule has 194 valence electrons. The molecule has 1 aromatic heterocycles. The first kappa shape index (κ1) is 26.1. The number of nitrogens with zero attached hydrogens (tertiary/aromatic N) is 1. The zero-order chi connectivity index (χ0) is 26.2. The van der Waals surface area contributed by atoms with Crippen LogP contribution in [0.25, 0.3) is 10.9 Å². The molecule has 0 spiro atoms. The van der Waals surface area contributed by atoms with Crippen molar-refractivity contribution >= 4 is 22.5 Å². The Morgan fingerprint density at radius 1 is 1.00 bits per heavy atom. The zero-order valence-corrected chi connectivity index (χ0v) is 21.4. The van der Waals surface area contributed by atoms with Crippen LogP contribution in [0, 0.1) is 0 Å². The van der Waals surface area contributed by atoms with Crippen LogP contribution in [0.3, 0.4) is 0 Å². The van der Waals surface area contributed by atoms with Gasteiger partial charge in [0.2, 0.25) is 0 Å². The summed E-state index contributed by atoms with van der Waals surface area (Å²) in [5, 5.41) is 14.5. The SMILES string of the molecule is COc1ccc(CCN(C)CC(O)COc2ccccc2C(=O)Nc2cccc3[nH]ccc23)cc1OC. The predicted molar refractivity (Wildman–Crippen MR) is 145 cm³/mol. The van der Waals surface area contributed by atoms with Crippen molar-refractivity contribution in [3.05, 3.63) is 84.1 Å². The van der Waals surface area contributed by atoms with E-state index in [1.807, 2.05) is 60.6 Å². The molecule has 4 aromatic rings. The third-order valence-electron chi connectivity index (χ3n) is 6.16. The molecule has 1 heterocycles. The molecular weight excluding hydrogens is 470 g/mol. The van der Waals surface area contributed by atoms with E-state index in [1.54, 1.807) is 38.5 Å². The lowest BCUT2D eigenvalue weighted by Gasteiger charge is -2.21. The minimum absolute atomic E-state index is 0.0678. The number of hydrogen-bond donors (Lipinski definition) is 3. The number of amides is 1. The first-order valence-electron chi connectivity index (χ1n) is 12.1. The Morgan fingerprint density at radius 2 is 1.81 bits per heavy atom. The molecule has 0 aliphatic carbocycles. The van der Waals surface area contributed by atoms with Crippen LogP contribution in [0.5, 0.6) is 17.2 Å². The van der Waals surface area contributed by atoms with Crippen LogP contribution >= 0.6 is 0 Å². The van der Waals surface area contributed by atoms with Gasteiger partial charge in [-0.15, -0.1) is 0 Å². The van der Waals surface area contributed by atoms with Crippen LogP contribution < -0.4 is 19.5 Å². The summed E-state index contributed by atoms with van der Waals surface area (Å²) in [5.74, 6) is 1.55. The van der Waals surface area contributed by atoms with Gasteiger partial charge in [-0.05, 0) is 61.5 Å². The van der Waals surface area contributed by atoms with Gasteiger partial charge in [0.25, 0.3) is 5.91 Å². The zero-order valence-electron chi connectivity index (χ0n) is 21.4. The summed E-state index contributed by atoms with van der Waals surface area (Å²) in [4.78, 5) is 18.2. The Labute approximate surface area is 216 Å². The summed E-state index contributed by atoms with van der Waals surface area (Å²) in [7, 11) is 5.19. The van der Waals surface area contributed by atoms with Gasteiger partial charge in [-0.2, -0.15) is 0 Å². The highest BCUT2D eigenvalue weighted by Gasteiger charge is 2.16. The molecule has 0 radical (unpaired) electrons. The molecule has 8 heteroatoms. The smallest absolute Gasteiger partial charge is 0.259 e. The molecular formula is C29H33N3O5. The van der Waals surface area contributed by atoms with E-state index in [0.29, 0.717) is 29.4 Å². The third kappa shape index (κ3) is 6.61. The highest BCUT2D eigenvalue weighted by atomic mass is 16.5. The molecule has 4 rings (SSSR count). The average molecular weight is 504 g/mol. The number of likely N-dealkylation sites (N-methyl/N-ethyl adjacent to an activating group) is 1. The van der Waals surface area contributed by atoms with Gasteiger partial charge in [0, 0.05) is 30.2 Å². The van der Waals surface area contributed by atoms with Gasteiger partial charge in [0.1, 0.15) is 18.5 Å². The maximum atomic E-state index is 13.0. The van der Waals surface area contributed by atoms with Crippen molar-refractivity contribution in [1.82, 2.24) is 9.88 Å². The van der Waals surface area contributed by atoms with Crippen molar-refractivity contribution in [3.8, 4) is 17.2 Å². The van der Waals surface area contributed by atoms with Crippen LogP contribution in [0.15, 0.2) is 72.9 Å². The molecule has 0 aliphatic rings. The fourth-order valence-electron chi connectivity index (χ4n) is 4.21. The van der Waals surface area contributed by atoms with Gasteiger partial charge < -0.3 is 34.5 Å². The summed E-state index contributed by atoms with van der Waals surface area (Å²) in [6.07, 6.45) is 1.91. The summed E-state index contributed by atoms with van der Waals surface area (Å²) < 4.78 is 16.5. The summed E-state index contributed by atoms with van der Waals surface area (Å²) in [6.45, 7) is 1.24. The minimum atomic E-state index is -0.722. The van der Waals surface area contributed by atoms with Crippen molar-refractivity contribution in [2.75, 3.05) is 46.3 Å². The highest BCUT2D eigenvalue weighted by molar-refractivity contribution is 6.10. The van der Waals surface area contributed by atoms with Crippen molar-refractivity contribution in [2.24, 2.45) is 0 Å². The van der Waals surface area contributed by atoms with E-state index in [1.165, 1.54) is 0 Å². The largest absolute Gasteiger partial charge is 0.493 e. The summed E-state index contributed by atoms with van der Waals surface area (Å²) >= 11 is 0. The first-order chi connectivity index (χ1) is 18.0. The van der Waals surface area contributed by atoms with E-state index >= 15 is 0 Å². The molecule has 3 aromatic carbocycles.